The second-order valence-electron chi connectivity index (χ2n) is 6.21. The summed E-state index contributed by atoms with van der Waals surface area (Å²) in [5.74, 6) is 0.0474. The normalized spacial score (nSPS) is 14.8. The molecule has 0 radical (unpaired) electrons. The standard InChI is InChI=1S/C18H23N5O2.ClH/c1-19-17(14-11-21-22(2)12-14)18(25)20-10-13-5-3-6-15(9-13)23-8-4-7-16(23)24;/h3,5-6,9,11-12,17,19H,4,7-8,10H2,1-2H3,(H,20,25);1H. The second-order valence-corrected chi connectivity index (χ2v) is 6.21. The monoisotopic (exact) mass is 377 g/mol. The van der Waals surface area contributed by atoms with Gasteiger partial charge in [0.2, 0.25) is 11.8 Å². The van der Waals surface area contributed by atoms with Crippen LogP contribution in [0.1, 0.15) is 30.0 Å². The van der Waals surface area contributed by atoms with Crippen LogP contribution >= 0.6 is 12.4 Å². The van der Waals surface area contributed by atoms with Crippen LogP contribution in [-0.4, -0.2) is 35.2 Å². The Morgan fingerprint density at radius 2 is 2.19 bits per heavy atom. The van der Waals surface area contributed by atoms with Crippen LogP contribution in [0.2, 0.25) is 0 Å². The molecule has 0 saturated carbocycles. The molecule has 8 heteroatoms. The first-order valence-electron chi connectivity index (χ1n) is 8.41. The lowest BCUT2D eigenvalue weighted by Gasteiger charge is -2.18. The van der Waals surface area contributed by atoms with E-state index in [1.807, 2.05) is 37.5 Å². The number of carbonyl (C=O) groups excluding carboxylic acids is 2. The van der Waals surface area contributed by atoms with Gasteiger partial charge in [0, 0.05) is 44.0 Å². The van der Waals surface area contributed by atoms with Crippen LogP contribution in [0, 0.1) is 0 Å². The Hall–Kier alpha value is -2.38. The van der Waals surface area contributed by atoms with Crippen molar-refractivity contribution in [2.75, 3.05) is 18.5 Å². The minimum Gasteiger partial charge on any atom is -0.350 e. The zero-order valence-electron chi connectivity index (χ0n) is 14.9. The molecule has 26 heavy (non-hydrogen) atoms. The number of nitrogens with zero attached hydrogens (tertiary/aromatic N) is 3. The highest BCUT2D eigenvalue weighted by Gasteiger charge is 2.22. The number of rotatable bonds is 6. The van der Waals surface area contributed by atoms with E-state index < -0.39 is 6.04 Å². The quantitative estimate of drug-likeness (QED) is 0.800. The van der Waals surface area contributed by atoms with Crippen molar-refractivity contribution in [3.05, 3.63) is 47.8 Å². The number of carbonyl (C=O) groups is 2. The maximum Gasteiger partial charge on any atom is 0.242 e. The molecule has 0 bridgehead atoms. The summed E-state index contributed by atoms with van der Waals surface area (Å²) in [6.45, 7) is 1.17. The van der Waals surface area contributed by atoms with Gasteiger partial charge in [-0.1, -0.05) is 12.1 Å². The fourth-order valence-corrected chi connectivity index (χ4v) is 3.09. The number of halogens is 1. The van der Waals surface area contributed by atoms with E-state index in [0.29, 0.717) is 13.0 Å². The lowest BCUT2D eigenvalue weighted by molar-refractivity contribution is -0.123. The van der Waals surface area contributed by atoms with Crippen LogP contribution in [0.4, 0.5) is 5.69 Å². The average molecular weight is 378 g/mol. The van der Waals surface area contributed by atoms with Gasteiger partial charge in [-0.25, -0.2) is 0 Å². The van der Waals surface area contributed by atoms with Gasteiger partial charge < -0.3 is 15.5 Å². The first-order chi connectivity index (χ1) is 12.1. The molecule has 1 saturated heterocycles. The van der Waals surface area contributed by atoms with Crippen molar-refractivity contribution in [3.8, 4) is 0 Å². The van der Waals surface area contributed by atoms with Crippen molar-refractivity contribution in [3.63, 3.8) is 0 Å². The summed E-state index contributed by atoms with van der Waals surface area (Å²) >= 11 is 0. The van der Waals surface area contributed by atoms with E-state index >= 15 is 0 Å². The molecule has 1 aliphatic rings. The van der Waals surface area contributed by atoms with Crippen LogP contribution in [0.5, 0.6) is 0 Å². The molecule has 1 atom stereocenters. The highest BCUT2D eigenvalue weighted by Crippen LogP contribution is 2.22. The molecule has 2 N–H and O–H groups in total. The van der Waals surface area contributed by atoms with Gasteiger partial charge in [0.25, 0.3) is 0 Å². The maximum atomic E-state index is 12.5. The lowest BCUT2D eigenvalue weighted by atomic mass is 10.1. The summed E-state index contributed by atoms with van der Waals surface area (Å²) in [6.07, 6.45) is 5.01. The van der Waals surface area contributed by atoms with Crippen LogP contribution in [0.3, 0.4) is 0 Å². The molecule has 1 fully saturated rings. The first-order valence-corrected chi connectivity index (χ1v) is 8.41. The van der Waals surface area contributed by atoms with E-state index in [1.165, 1.54) is 0 Å². The van der Waals surface area contributed by atoms with Gasteiger partial charge in [-0.2, -0.15) is 5.10 Å². The molecule has 1 unspecified atom stereocenters. The van der Waals surface area contributed by atoms with E-state index in [-0.39, 0.29) is 24.2 Å². The largest absolute Gasteiger partial charge is 0.350 e. The van der Waals surface area contributed by atoms with Crippen molar-refractivity contribution in [2.24, 2.45) is 7.05 Å². The van der Waals surface area contributed by atoms with Crippen molar-refractivity contribution >= 4 is 29.9 Å². The molecule has 0 aliphatic carbocycles. The topological polar surface area (TPSA) is 79.3 Å². The zero-order valence-corrected chi connectivity index (χ0v) is 15.8. The van der Waals surface area contributed by atoms with E-state index in [2.05, 4.69) is 15.7 Å². The number of hydrogen-bond acceptors (Lipinski definition) is 4. The van der Waals surface area contributed by atoms with Gasteiger partial charge in [-0.05, 0) is 31.2 Å². The number of hydrogen-bond donors (Lipinski definition) is 2. The number of nitrogens with one attached hydrogen (secondary N) is 2. The van der Waals surface area contributed by atoms with E-state index in [0.717, 1.165) is 29.8 Å². The first kappa shape index (κ1) is 19.9. The summed E-state index contributed by atoms with van der Waals surface area (Å²) in [6, 6.07) is 7.31. The zero-order chi connectivity index (χ0) is 17.8. The smallest absolute Gasteiger partial charge is 0.242 e. The summed E-state index contributed by atoms with van der Waals surface area (Å²) in [5.41, 5.74) is 2.68. The van der Waals surface area contributed by atoms with Gasteiger partial charge >= 0.3 is 0 Å². The minimum absolute atomic E-state index is 0. The summed E-state index contributed by atoms with van der Waals surface area (Å²) in [4.78, 5) is 26.2. The molecule has 1 aliphatic heterocycles. The molecule has 140 valence electrons. The third-order valence-electron chi connectivity index (χ3n) is 4.37. The fourth-order valence-electron chi connectivity index (χ4n) is 3.09. The molecule has 2 amide bonds. The van der Waals surface area contributed by atoms with E-state index in [9.17, 15) is 9.59 Å². The van der Waals surface area contributed by atoms with Crippen LogP contribution in [-0.2, 0) is 23.2 Å². The van der Waals surface area contributed by atoms with Crippen LogP contribution in [0.25, 0.3) is 0 Å². The number of likely N-dealkylation sites (N-methyl/N-ethyl adjacent to an activating group) is 1. The van der Waals surface area contributed by atoms with Gasteiger partial charge in [-0.15, -0.1) is 12.4 Å². The number of aryl methyl sites for hydroxylation is 1. The van der Waals surface area contributed by atoms with E-state index in [4.69, 9.17) is 0 Å². The summed E-state index contributed by atoms with van der Waals surface area (Å²) < 4.78 is 1.67. The lowest BCUT2D eigenvalue weighted by Crippen LogP contribution is -2.35. The number of amides is 2. The Morgan fingerprint density at radius 1 is 1.38 bits per heavy atom. The van der Waals surface area contributed by atoms with Crippen molar-refractivity contribution in [1.29, 1.82) is 0 Å². The summed E-state index contributed by atoms with van der Waals surface area (Å²) in [5, 5.41) is 10.1. The molecule has 1 aromatic heterocycles. The van der Waals surface area contributed by atoms with Gasteiger partial charge in [0.1, 0.15) is 6.04 Å². The Kier molecular flexibility index (Phi) is 6.76. The third kappa shape index (κ3) is 4.42. The van der Waals surface area contributed by atoms with Crippen LogP contribution < -0.4 is 15.5 Å². The SMILES string of the molecule is CNC(C(=O)NCc1cccc(N2CCCC2=O)c1)c1cnn(C)c1.Cl. The Morgan fingerprint density at radius 3 is 2.81 bits per heavy atom. The van der Waals surface area contributed by atoms with E-state index in [1.54, 1.807) is 22.8 Å². The Balaban J connectivity index is 0.00000243. The predicted molar refractivity (Wildman–Crippen MR) is 102 cm³/mol. The van der Waals surface area contributed by atoms with Crippen molar-refractivity contribution < 1.29 is 9.59 Å². The fraction of sp³-hybridized carbons (Fsp3) is 0.389. The maximum absolute atomic E-state index is 12.5. The number of benzene rings is 1. The third-order valence-corrected chi connectivity index (χ3v) is 4.37. The molecule has 1 aromatic carbocycles. The highest BCUT2D eigenvalue weighted by molar-refractivity contribution is 5.95. The number of anilines is 1. The molecule has 3 rings (SSSR count). The van der Waals surface area contributed by atoms with Gasteiger partial charge in [0.05, 0.1) is 6.20 Å². The summed E-state index contributed by atoms with van der Waals surface area (Å²) in [7, 11) is 3.57. The molecular weight excluding hydrogens is 354 g/mol. The molecule has 2 heterocycles. The predicted octanol–water partition coefficient (Wildman–Crippen LogP) is 1.55. The van der Waals surface area contributed by atoms with Gasteiger partial charge in [-0.3, -0.25) is 14.3 Å². The highest BCUT2D eigenvalue weighted by atomic mass is 35.5. The molecule has 0 spiro atoms. The second kappa shape index (κ2) is 8.82. The average Bonchev–Trinajstić information content (AvgIpc) is 3.22. The van der Waals surface area contributed by atoms with Gasteiger partial charge in [0.15, 0.2) is 0 Å². The number of aromatic nitrogens is 2. The Bertz CT molecular complexity index is 776. The van der Waals surface area contributed by atoms with Crippen LogP contribution in [0.15, 0.2) is 36.7 Å². The molecule has 2 aromatic rings. The van der Waals surface area contributed by atoms with Crippen molar-refractivity contribution in [2.45, 2.75) is 25.4 Å². The Labute approximate surface area is 159 Å². The van der Waals surface area contributed by atoms with Crippen molar-refractivity contribution in [1.82, 2.24) is 20.4 Å². The minimum atomic E-state index is -0.447. The molecule has 7 nitrogen and oxygen atoms in total. The molecular formula is C18H24ClN5O2.